The quantitative estimate of drug-likeness (QED) is 0.594. The summed E-state index contributed by atoms with van der Waals surface area (Å²) in [6, 6.07) is 0. The Labute approximate surface area is 65.2 Å². The fraction of sp³-hybridized carbons (Fsp3) is 0.889. The van der Waals surface area contributed by atoms with Gasteiger partial charge in [-0.15, -0.1) is 0 Å². The number of hydrogen-bond donors (Lipinski definition) is 1. The maximum Gasteiger partial charge on any atom is -0.00484 e. The normalized spacial score (nSPS) is 12.0. The Morgan fingerprint density at radius 2 is 1.90 bits per heavy atom. The molecule has 0 aliphatic carbocycles. The summed E-state index contributed by atoms with van der Waals surface area (Å²) in [6.07, 6.45) is 2.55. The summed E-state index contributed by atoms with van der Waals surface area (Å²) >= 11 is 0. The molecule has 61 valence electrons. The molecule has 1 heteroatoms. The van der Waals surface area contributed by atoms with Crippen LogP contribution in [0, 0.1) is 12.3 Å². The highest BCUT2D eigenvalue weighted by Crippen LogP contribution is 2.19. The topological polar surface area (TPSA) is 12.0 Å². The van der Waals surface area contributed by atoms with Crippen molar-refractivity contribution in [2.24, 2.45) is 5.41 Å². The molecule has 0 aromatic carbocycles. The molecule has 0 saturated heterocycles. The van der Waals surface area contributed by atoms with Crippen LogP contribution in [0.25, 0.3) is 0 Å². The summed E-state index contributed by atoms with van der Waals surface area (Å²) < 4.78 is 0. The van der Waals surface area contributed by atoms with E-state index < -0.39 is 0 Å². The van der Waals surface area contributed by atoms with Crippen LogP contribution in [0.3, 0.4) is 0 Å². The fourth-order valence-electron chi connectivity index (χ4n) is 0.869. The Kier molecular flexibility index (Phi) is 4.71. The van der Waals surface area contributed by atoms with Gasteiger partial charge in [-0.2, -0.15) is 0 Å². The molecule has 1 N–H and O–H groups in total. The van der Waals surface area contributed by atoms with Gasteiger partial charge in [0.1, 0.15) is 0 Å². The molecule has 0 aliphatic rings. The Morgan fingerprint density at radius 1 is 1.30 bits per heavy atom. The molecule has 0 rings (SSSR count). The third kappa shape index (κ3) is 7.96. The zero-order valence-corrected chi connectivity index (χ0v) is 7.54. The van der Waals surface area contributed by atoms with E-state index in [1.165, 1.54) is 12.8 Å². The van der Waals surface area contributed by atoms with Crippen LogP contribution < -0.4 is 5.32 Å². The molecule has 0 aromatic rings. The van der Waals surface area contributed by atoms with E-state index in [9.17, 15) is 0 Å². The molecule has 0 spiro atoms. The van der Waals surface area contributed by atoms with Crippen LogP contribution in [0.1, 0.15) is 33.6 Å². The van der Waals surface area contributed by atoms with Crippen molar-refractivity contribution in [1.82, 2.24) is 5.32 Å². The monoisotopic (exact) mass is 142 g/mol. The van der Waals surface area contributed by atoms with E-state index in [-0.39, 0.29) is 0 Å². The second-order valence-corrected chi connectivity index (χ2v) is 3.91. The Morgan fingerprint density at radius 3 is 2.30 bits per heavy atom. The lowest BCUT2D eigenvalue weighted by molar-refractivity contribution is 0.362. The van der Waals surface area contributed by atoms with Gasteiger partial charge in [0.15, 0.2) is 0 Å². The zero-order chi connectivity index (χ0) is 8.04. The molecule has 0 aromatic heterocycles. The van der Waals surface area contributed by atoms with Crippen molar-refractivity contribution in [3.63, 3.8) is 0 Å². The van der Waals surface area contributed by atoms with Crippen molar-refractivity contribution in [2.45, 2.75) is 33.6 Å². The van der Waals surface area contributed by atoms with Gasteiger partial charge in [0.25, 0.3) is 0 Å². The maximum atomic E-state index is 3.71. The maximum absolute atomic E-state index is 3.71. The van der Waals surface area contributed by atoms with E-state index in [1.807, 2.05) is 0 Å². The summed E-state index contributed by atoms with van der Waals surface area (Å²) in [5.41, 5.74) is 0.489. The van der Waals surface area contributed by atoms with Crippen molar-refractivity contribution in [3.8, 4) is 0 Å². The smallest absolute Gasteiger partial charge is 0.00484 e. The zero-order valence-electron chi connectivity index (χ0n) is 7.54. The number of hydrogen-bond acceptors (Lipinski definition) is 1. The minimum absolute atomic E-state index is 0.489. The van der Waals surface area contributed by atoms with Crippen LogP contribution >= 0.6 is 0 Å². The van der Waals surface area contributed by atoms with E-state index in [2.05, 4.69) is 33.0 Å². The second kappa shape index (κ2) is 4.73. The molecule has 0 atom stereocenters. The summed E-state index contributed by atoms with van der Waals surface area (Å²) in [5.74, 6) is 0. The highest BCUT2D eigenvalue weighted by atomic mass is 14.8. The van der Waals surface area contributed by atoms with Crippen LogP contribution in [-0.2, 0) is 0 Å². The molecule has 1 radical (unpaired) electrons. The number of nitrogens with one attached hydrogen (secondary N) is 1. The van der Waals surface area contributed by atoms with Gasteiger partial charge in [0.05, 0.1) is 0 Å². The van der Waals surface area contributed by atoms with E-state index in [0.717, 1.165) is 13.1 Å². The van der Waals surface area contributed by atoms with Gasteiger partial charge in [-0.25, -0.2) is 0 Å². The predicted molar refractivity (Wildman–Crippen MR) is 46.9 cm³/mol. The molecule has 0 saturated carbocycles. The van der Waals surface area contributed by atoms with Crippen LogP contribution in [0.15, 0.2) is 0 Å². The van der Waals surface area contributed by atoms with Crippen LogP contribution in [0.4, 0.5) is 0 Å². The molecule has 0 unspecified atom stereocenters. The minimum Gasteiger partial charge on any atom is -0.317 e. The lowest BCUT2D eigenvalue weighted by Gasteiger charge is -2.17. The van der Waals surface area contributed by atoms with E-state index in [0.29, 0.717) is 5.41 Å². The lowest BCUT2D eigenvalue weighted by Crippen LogP contribution is -2.16. The second-order valence-electron chi connectivity index (χ2n) is 3.91. The van der Waals surface area contributed by atoms with Gasteiger partial charge >= 0.3 is 0 Å². The lowest BCUT2D eigenvalue weighted by atomic mass is 9.91. The minimum atomic E-state index is 0.489. The third-order valence-electron chi connectivity index (χ3n) is 1.46. The van der Waals surface area contributed by atoms with Crippen LogP contribution in [-0.4, -0.2) is 13.1 Å². The first kappa shape index (κ1) is 9.96. The molecule has 0 aliphatic heterocycles. The van der Waals surface area contributed by atoms with Gasteiger partial charge in [0, 0.05) is 0 Å². The van der Waals surface area contributed by atoms with Crippen LogP contribution in [0.5, 0.6) is 0 Å². The molecule has 0 fully saturated rings. The van der Waals surface area contributed by atoms with E-state index in [1.54, 1.807) is 0 Å². The SMILES string of the molecule is [CH2]CNCCCC(C)(C)C. The Balaban J connectivity index is 3.04. The van der Waals surface area contributed by atoms with Gasteiger partial charge in [0.2, 0.25) is 0 Å². The van der Waals surface area contributed by atoms with Crippen molar-refractivity contribution >= 4 is 0 Å². The van der Waals surface area contributed by atoms with Crippen molar-refractivity contribution in [1.29, 1.82) is 0 Å². The molecule has 10 heavy (non-hydrogen) atoms. The third-order valence-corrected chi connectivity index (χ3v) is 1.46. The van der Waals surface area contributed by atoms with Crippen molar-refractivity contribution < 1.29 is 0 Å². The first-order chi connectivity index (χ1) is 4.56. The fourth-order valence-corrected chi connectivity index (χ4v) is 0.869. The first-order valence-corrected chi connectivity index (χ1v) is 4.06. The average Bonchev–Trinajstić information content (AvgIpc) is 1.78. The molecular weight excluding hydrogens is 122 g/mol. The summed E-state index contributed by atoms with van der Waals surface area (Å²) in [7, 11) is 0. The highest BCUT2D eigenvalue weighted by molar-refractivity contribution is 4.62. The first-order valence-electron chi connectivity index (χ1n) is 4.06. The molecule has 0 bridgehead atoms. The van der Waals surface area contributed by atoms with Crippen LogP contribution in [0.2, 0.25) is 0 Å². The predicted octanol–water partition coefficient (Wildman–Crippen LogP) is 2.24. The van der Waals surface area contributed by atoms with E-state index >= 15 is 0 Å². The van der Waals surface area contributed by atoms with Gasteiger partial charge in [-0.1, -0.05) is 20.8 Å². The summed E-state index contributed by atoms with van der Waals surface area (Å²) in [5, 5.41) is 3.21. The molecule has 0 heterocycles. The van der Waals surface area contributed by atoms with Crippen molar-refractivity contribution in [2.75, 3.05) is 13.1 Å². The Hall–Kier alpha value is -0.0400. The highest BCUT2D eigenvalue weighted by Gasteiger charge is 2.07. The Bertz CT molecular complexity index is 71.3. The summed E-state index contributed by atoms with van der Waals surface area (Å²) in [4.78, 5) is 0. The number of rotatable bonds is 4. The summed E-state index contributed by atoms with van der Waals surface area (Å²) in [6.45, 7) is 12.5. The largest absolute Gasteiger partial charge is 0.317 e. The molecule has 0 amide bonds. The molecule has 1 nitrogen and oxygen atoms in total. The van der Waals surface area contributed by atoms with Gasteiger partial charge in [-0.3, -0.25) is 0 Å². The van der Waals surface area contributed by atoms with E-state index in [4.69, 9.17) is 0 Å². The standard InChI is InChI=1S/C9H20N/c1-5-10-8-6-7-9(2,3)4/h10H,1,5-8H2,2-4H3. The average molecular weight is 142 g/mol. The van der Waals surface area contributed by atoms with Gasteiger partial charge in [-0.05, 0) is 38.3 Å². The van der Waals surface area contributed by atoms with Crippen molar-refractivity contribution in [3.05, 3.63) is 6.92 Å². The van der Waals surface area contributed by atoms with Gasteiger partial charge < -0.3 is 5.32 Å². The molecular formula is C9H20N.